The van der Waals surface area contributed by atoms with E-state index >= 15 is 0 Å². The number of aromatic nitrogens is 1. The average molecular weight is 652 g/mol. The van der Waals surface area contributed by atoms with Crippen LogP contribution in [0.1, 0.15) is 29.7 Å². The summed E-state index contributed by atoms with van der Waals surface area (Å²) < 4.78 is 1.78. The Morgan fingerprint density at radius 1 is 0.867 bits per heavy atom. The number of hydrogen-bond acceptors (Lipinski definition) is 5. The first-order valence-electron chi connectivity index (χ1n) is 14.1. The second kappa shape index (κ2) is 11.6. The van der Waals surface area contributed by atoms with E-state index in [9.17, 15) is 14.4 Å². The molecule has 5 aromatic rings. The molecular weight excluding hydrogens is 627 g/mol. The Morgan fingerprint density at radius 3 is 2.22 bits per heavy atom. The molecule has 2 aliphatic rings. The smallest absolute Gasteiger partial charge is 0.271 e. The van der Waals surface area contributed by atoms with Crippen LogP contribution in [0.3, 0.4) is 0 Å². The third-order valence-corrected chi connectivity index (χ3v) is 9.42. The van der Waals surface area contributed by atoms with Crippen molar-refractivity contribution in [3.63, 3.8) is 0 Å². The zero-order valence-electron chi connectivity index (χ0n) is 23.8. The van der Waals surface area contributed by atoms with E-state index in [1.54, 1.807) is 60.4 Å². The zero-order chi connectivity index (χ0) is 31.2. The average Bonchev–Trinajstić information content (AvgIpc) is 3.50. The van der Waals surface area contributed by atoms with E-state index in [1.807, 2.05) is 54.6 Å². The number of nitrogens with one attached hydrogen (secondary N) is 1. The summed E-state index contributed by atoms with van der Waals surface area (Å²) in [4.78, 5) is 49.2. The predicted octanol–water partition coefficient (Wildman–Crippen LogP) is 6.10. The van der Waals surface area contributed by atoms with Gasteiger partial charge in [0.2, 0.25) is 0 Å². The lowest BCUT2D eigenvalue weighted by atomic mass is 9.95. The van der Waals surface area contributed by atoms with Gasteiger partial charge in [0, 0.05) is 21.3 Å². The highest BCUT2D eigenvalue weighted by Crippen LogP contribution is 2.37. The number of anilines is 2. The van der Waals surface area contributed by atoms with Crippen LogP contribution in [0.25, 0.3) is 5.57 Å². The Morgan fingerprint density at radius 2 is 1.51 bits per heavy atom. The lowest BCUT2D eigenvalue weighted by Gasteiger charge is -2.25. The first-order chi connectivity index (χ1) is 21.8. The fourth-order valence-corrected chi connectivity index (χ4v) is 7.16. The van der Waals surface area contributed by atoms with Crippen molar-refractivity contribution >= 4 is 63.3 Å². The van der Waals surface area contributed by atoms with E-state index in [2.05, 4.69) is 5.32 Å². The first kappa shape index (κ1) is 29.0. The summed E-state index contributed by atoms with van der Waals surface area (Å²) in [7, 11) is 0. The standard InChI is InChI=1S/C35H24Cl2N4O3S/c1-20-28(32(42)39-25-7-3-2-4-8-25)30(22-13-17-24(37)18-14-22)41-34(44)31(45-35(41)38-20)29-26-9-5-6-10-27(26)40(33(29)43)19-21-11-15-23(36)16-12-21/h2-18,30H,19H2,1H3,(H,39,42)/b31-29+/t30-/m0/s1. The molecule has 7 nitrogen and oxygen atoms in total. The molecule has 1 aromatic heterocycles. The van der Waals surface area contributed by atoms with Gasteiger partial charge in [-0.2, -0.15) is 0 Å². The monoisotopic (exact) mass is 650 g/mol. The Kier molecular flexibility index (Phi) is 7.49. The van der Waals surface area contributed by atoms with Gasteiger partial charge in [-0.3, -0.25) is 19.0 Å². The van der Waals surface area contributed by atoms with Gasteiger partial charge >= 0.3 is 0 Å². The van der Waals surface area contributed by atoms with Gasteiger partial charge in [0.1, 0.15) is 4.53 Å². The number of nitrogens with zero attached hydrogens (tertiary/aromatic N) is 3. The van der Waals surface area contributed by atoms with Crippen LogP contribution in [0.4, 0.5) is 11.4 Å². The number of amides is 2. The minimum atomic E-state index is -0.798. The molecule has 10 heteroatoms. The summed E-state index contributed by atoms with van der Waals surface area (Å²) in [6.45, 7) is 2.07. The number of rotatable bonds is 5. The van der Waals surface area contributed by atoms with Crippen molar-refractivity contribution in [3.05, 3.63) is 161 Å². The lowest BCUT2D eigenvalue weighted by Crippen LogP contribution is -2.41. The van der Waals surface area contributed by atoms with Crippen LogP contribution in [-0.4, -0.2) is 16.4 Å². The molecule has 0 bridgehead atoms. The van der Waals surface area contributed by atoms with Crippen molar-refractivity contribution in [2.45, 2.75) is 19.5 Å². The maximum Gasteiger partial charge on any atom is 0.271 e. The van der Waals surface area contributed by atoms with Gasteiger partial charge in [0.25, 0.3) is 17.4 Å². The van der Waals surface area contributed by atoms with Crippen LogP contribution >= 0.6 is 34.5 Å². The van der Waals surface area contributed by atoms with Crippen LogP contribution in [0.5, 0.6) is 0 Å². The van der Waals surface area contributed by atoms with Gasteiger partial charge in [0.15, 0.2) is 4.80 Å². The summed E-state index contributed by atoms with van der Waals surface area (Å²) >= 11 is 13.5. The molecule has 2 aliphatic heterocycles. The summed E-state index contributed by atoms with van der Waals surface area (Å²) in [5.41, 5.74) is 4.30. The van der Waals surface area contributed by atoms with E-state index in [0.717, 1.165) is 16.9 Å². The van der Waals surface area contributed by atoms with Crippen LogP contribution in [-0.2, 0) is 16.1 Å². The molecule has 0 radical (unpaired) electrons. The highest BCUT2D eigenvalue weighted by Gasteiger charge is 2.37. The number of carbonyl (C=O) groups excluding carboxylic acids is 2. The van der Waals surface area contributed by atoms with Gasteiger partial charge in [-0.15, -0.1) is 0 Å². The minimum absolute atomic E-state index is 0.265. The summed E-state index contributed by atoms with van der Waals surface area (Å²) in [6, 6.07) is 30.1. The molecule has 0 saturated carbocycles. The molecule has 1 N–H and O–H groups in total. The molecule has 3 heterocycles. The maximum absolute atomic E-state index is 14.5. The molecule has 45 heavy (non-hydrogen) atoms. The Bertz CT molecular complexity index is 2210. The molecule has 0 unspecified atom stereocenters. The number of halogens is 2. The number of fused-ring (bicyclic) bond motifs is 2. The highest BCUT2D eigenvalue weighted by atomic mass is 35.5. The van der Waals surface area contributed by atoms with E-state index in [-0.39, 0.29) is 16.3 Å². The van der Waals surface area contributed by atoms with Crippen molar-refractivity contribution in [3.8, 4) is 0 Å². The highest BCUT2D eigenvalue weighted by molar-refractivity contribution is 7.07. The van der Waals surface area contributed by atoms with E-state index in [1.165, 1.54) is 4.57 Å². The number of carbonyl (C=O) groups is 2. The topological polar surface area (TPSA) is 83.8 Å². The quantitative estimate of drug-likeness (QED) is 0.250. The minimum Gasteiger partial charge on any atom is -0.322 e. The molecule has 1 atom stereocenters. The summed E-state index contributed by atoms with van der Waals surface area (Å²) in [5, 5.41) is 4.08. The first-order valence-corrected chi connectivity index (χ1v) is 15.7. The van der Waals surface area contributed by atoms with Gasteiger partial charge in [0.05, 0.1) is 35.1 Å². The normalized spacial score (nSPS) is 16.7. The van der Waals surface area contributed by atoms with Crippen LogP contribution < -0.4 is 25.1 Å². The van der Waals surface area contributed by atoms with Crippen LogP contribution in [0.2, 0.25) is 10.0 Å². The summed E-state index contributed by atoms with van der Waals surface area (Å²) in [6.07, 6.45) is 0. The second-order valence-electron chi connectivity index (χ2n) is 10.7. The van der Waals surface area contributed by atoms with Crippen molar-refractivity contribution in [2.24, 2.45) is 4.99 Å². The number of thiazole rings is 1. The number of para-hydroxylation sites is 2. The Hall–Kier alpha value is -4.76. The molecule has 7 rings (SSSR count). The lowest BCUT2D eigenvalue weighted by molar-refractivity contribution is -0.114. The second-order valence-corrected chi connectivity index (χ2v) is 12.5. The van der Waals surface area contributed by atoms with Gasteiger partial charge in [-0.1, -0.05) is 95.2 Å². The number of allylic oxidation sites excluding steroid dienone is 1. The third-order valence-electron chi connectivity index (χ3n) is 7.86. The van der Waals surface area contributed by atoms with E-state index in [4.69, 9.17) is 28.2 Å². The molecule has 222 valence electrons. The predicted molar refractivity (Wildman–Crippen MR) is 178 cm³/mol. The molecule has 0 saturated heterocycles. The fraction of sp³-hybridized carbons (Fsp3) is 0.0857. The van der Waals surface area contributed by atoms with Gasteiger partial charge < -0.3 is 10.2 Å². The van der Waals surface area contributed by atoms with Gasteiger partial charge in [-0.25, -0.2) is 4.99 Å². The van der Waals surface area contributed by atoms with Crippen molar-refractivity contribution < 1.29 is 9.59 Å². The number of benzene rings is 4. The zero-order valence-corrected chi connectivity index (χ0v) is 26.2. The van der Waals surface area contributed by atoms with Crippen LogP contribution in [0.15, 0.2) is 124 Å². The van der Waals surface area contributed by atoms with Crippen LogP contribution in [0, 0.1) is 0 Å². The van der Waals surface area contributed by atoms with Crippen molar-refractivity contribution in [2.75, 3.05) is 10.2 Å². The third kappa shape index (κ3) is 5.21. The molecule has 0 fully saturated rings. The Balaban J connectivity index is 1.40. The van der Waals surface area contributed by atoms with Crippen molar-refractivity contribution in [1.82, 2.24) is 4.57 Å². The fourth-order valence-electron chi connectivity index (χ4n) is 5.77. The Labute approximate surface area is 272 Å². The molecule has 4 aromatic carbocycles. The van der Waals surface area contributed by atoms with Crippen molar-refractivity contribution in [1.29, 1.82) is 0 Å². The van der Waals surface area contributed by atoms with E-state index in [0.29, 0.717) is 60.7 Å². The largest absolute Gasteiger partial charge is 0.322 e. The van der Waals surface area contributed by atoms with Gasteiger partial charge in [-0.05, 0) is 60.5 Å². The number of hydrogen-bond donors (Lipinski definition) is 1. The maximum atomic E-state index is 14.5. The molecule has 0 spiro atoms. The van der Waals surface area contributed by atoms with E-state index < -0.39 is 11.6 Å². The molecule has 0 aliphatic carbocycles. The molecular formula is C35H24Cl2N4O3S. The molecule has 2 amide bonds. The summed E-state index contributed by atoms with van der Waals surface area (Å²) in [5.74, 6) is -0.658. The SMILES string of the molecule is CC1=C(C(=O)Nc2ccccc2)[C@H](c2ccc(Cl)cc2)n2c(s/c(=C3/C(=O)N(Cc4ccc(Cl)cc4)c4ccccc43)c2=O)=N1.